The van der Waals surface area contributed by atoms with Gasteiger partial charge in [-0.05, 0) is 35.4 Å². The molecule has 0 amide bonds. The van der Waals surface area contributed by atoms with Gasteiger partial charge in [-0.2, -0.15) is 0 Å². The van der Waals surface area contributed by atoms with Crippen LogP contribution >= 0.6 is 11.6 Å². The van der Waals surface area contributed by atoms with Crippen LogP contribution in [0.2, 0.25) is 5.02 Å². The fourth-order valence-electron chi connectivity index (χ4n) is 2.16. The van der Waals surface area contributed by atoms with Crippen molar-refractivity contribution in [2.24, 2.45) is 0 Å². The van der Waals surface area contributed by atoms with Crippen molar-refractivity contribution in [2.45, 2.75) is 0 Å². The van der Waals surface area contributed by atoms with Crippen LogP contribution in [0.5, 0.6) is 0 Å². The fraction of sp³-hybridized carbons (Fsp3) is 0. The van der Waals surface area contributed by atoms with Crippen LogP contribution in [0.4, 0.5) is 0 Å². The van der Waals surface area contributed by atoms with E-state index >= 15 is 0 Å². The molecule has 0 atom stereocenters. The number of nitrogens with one attached hydrogen (secondary N) is 2. The summed E-state index contributed by atoms with van der Waals surface area (Å²) < 4.78 is 0. The van der Waals surface area contributed by atoms with Gasteiger partial charge in [-0.1, -0.05) is 23.7 Å². The Balaban J connectivity index is 2.20. The van der Waals surface area contributed by atoms with Gasteiger partial charge in [0.15, 0.2) is 0 Å². The lowest BCUT2D eigenvalue weighted by atomic mass is 10.0. The zero-order valence-electron chi connectivity index (χ0n) is 11.0. The summed E-state index contributed by atoms with van der Waals surface area (Å²) in [6.45, 7) is 0. The Morgan fingerprint density at radius 3 is 2.18 bits per heavy atom. The third-order valence-electron chi connectivity index (χ3n) is 3.25. The zero-order valence-corrected chi connectivity index (χ0v) is 11.8. The number of aromatic carboxylic acids is 1. The van der Waals surface area contributed by atoms with Crippen molar-refractivity contribution in [1.29, 1.82) is 0 Å². The quantitative estimate of drug-likeness (QED) is 0.631. The molecule has 110 valence electrons. The molecule has 1 heterocycles. The highest BCUT2D eigenvalue weighted by molar-refractivity contribution is 6.33. The number of fused-ring (bicyclic) bond motifs is 1. The van der Waals surface area contributed by atoms with Crippen molar-refractivity contribution in [1.82, 2.24) is 9.97 Å². The molecular weight excluding hydrogens is 308 g/mol. The third-order valence-corrected chi connectivity index (χ3v) is 3.58. The van der Waals surface area contributed by atoms with Crippen molar-refractivity contribution >= 4 is 28.6 Å². The second-order valence-corrected chi connectivity index (χ2v) is 5.08. The number of hydrogen-bond acceptors (Lipinski definition) is 3. The Hall–Kier alpha value is -2.86. The monoisotopic (exact) mass is 316 g/mol. The van der Waals surface area contributed by atoms with Crippen LogP contribution in [0.25, 0.3) is 22.2 Å². The van der Waals surface area contributed by atoms with Crippen molar-refractivity contribution in [3.63, 3.8) is 0 Å². The first-order valence-electron chi connectivity index (χ1n) is 6.25. The lowest BCUT2D eigenvalue weighted by molar-refractivity contribution is 0.0697. The SMILES string of the molecule is O=C(O)c1cc(-c2ccc3[nH]c(=O)c(=O)[nH]c3c2)ccc1Cl. The summed E-state index contributed by atoms with van der Waals surface area (Å²) in [5.74, 6) is -1.12. The molecule has 0 radical (unpaired) electrons. The number of halogens is 1. The molecule has 0 saturated heterocycles. The largest absolute Gasteiger partial charge is 0.478 e. The average Bonchev–Trinajstić information content (AvgIpc) is 2.48. The van der Waals surface area contributed by atoms with E-state index in [4.69, 9.17) is 16.7 Å². The molecule has 22 heavy (non-hydrogen) atoms. The molecule has 0 spiro atoms. The maximum Gasteiger partial charge on any atom is 0.337 e. The summed E-state index contributed by atoms with van der Waals surface area (Å²) >= 11 is 5.84. The van der Waals surface area contributed by atoms with E-state index in [1.807, 2.05) is 0 Å². The minimum Gasteiger partial charge on any atom is -0.478 e. The van der Waals surface area contributed by atoms with Crippen molar-refractivity contribution in [3.8, 4) is 11.1 Å². The van der Waals surface area contributed by atoms with Crippen LogP contribution in [0.15, 0.2) is 46.0 Å². The summed E-state index contributed by atoms with van der Waals surface area (Å²) in [4.78, 5) is 38.7. The maximum atomic E-state index is 11.4. The Kier molecular flexibility index (Phi) is 3.30. The second kappa shape index (κ2) is 5.16. The Morgan fingerprint density at radius 1 is 0.909 bits per heavy atom. The number of carbonyl (C=O) groups is 1. The van der Waals surface area contributed by atoms with Gasteiger partial charge in [0.25, 0.3) is 0 Å². The van der Waals surface area contributed by atoms with E-state index in [9.17, 15) is 14.4 Å². The Bertz CT molecular complexity index is 1020. The lowest BCUT2D eigenvalue weighted by Gasteiger charge is -2.06. The van der Waals surface area contributed by atoms with E-state index in [1.165, 1.54) is 12.1 Å². The van der Waals surface area contributed by atoms with E-state index in [2.05, 4.69) is 9.97 Å². The Morgan fingerprint density at radius 2 is 1.50 bits per heavy atom. The minimum atomic E-state index is -1.12. The molecule has 0 aliphatic rings. The lowest BCUT2D eigenvalue weighted by Crippen LogP contribution is -2.28. The number of rotatable bonds is 2. The van der Waals surface area contributed by atoms with Crippen LogP contribution in [0, 0.1) is 0 Å². The molecule has 3 aromatic rings. The molecular formula is C15H9ClN2O4. The van der Waals surface area contributed by atoms with Crippen LogP contribution in [-0.4, -0.2) is 21.0 Å². The first-order valence-corrected chi connectivity index (χ1v) is 6.63. The molecule has 0 aliphatic heterocycles. The van der Waals surface area contributed by atoms with E-state index in [-0.39, 0.29) is 10.6 Å². The van der Waals surface area contributed by atoms with E-state index in [0.717, 1.165) is 0 Å². The average molecular weight is 317 g/mol. The summed E-state index contributed by atoms with van der Waals surface area (Å²) in [6, 6.07) is 9.64. The van der Waals surface area contributed by atoms with Crippen LogP contribution in [0.3, 0.4) is 0 Å². The molecule has 1 aromatic heterocycles. The third kappa shape index (κ3) is 2.40. The van der Waals surface area contributed by atoms with Gasteiger partial charge in [-0.15, -0.1) is 0 Å². The van der Waals surface area contributed by atoms with Crippen LogP contribution in [0.1, 0.15) is 10.4 Å². The smallest absolute Gasteiger partial charge is 0.337 e. The molecule has 0 aliphatic carbocycles. The highest BCUT2D eigenvalue weighted by Gasteiger charge is 2.11. The molecule has 0 fully saturated rings. The number of carboxylic acids is 1. The molecule has 2 aromatic carbocycles. The van der Waals surface area contributed by atoms with Gasteiger partial charge in [-0.3, -0.25) is 9.59 Å². The first kappa shape index (κ1) is 14.1. The standard InChI is InChI=1S/C15H9ClN2O4/c16-10-3-1-7(5-9(10)15(21)22)8-2-4-11-12(6-8)18-14(20)13(19)17-11/h1-6H,(H,17,19)(H,18,20)(H,21,22). The molecule has 3 rings (SSSR count). The zero-order chi connectivity index (χ0) is 15.9. The van der Waals surface area contributed by atoms with Crippen molar-refractivity contribution < 1.29 is 9.90 Å². The van der Waals surface area contributed by atoms with E-state index in [1.54, 1.807) is 24.3 Å². The number of aromatic nitrogens is 2. The van der Waals surface area contributed by atoms with E-state index in [0.29, 0.717) is 22.2 Å². The Labute approximate surface area is 128 Å². The minimum absolute atomic E-state index is 0.00535. The highest BCUT2D eigenvalue weighted by atomic mass is 35.5. The van der Waals surface area contributed by atoms with Crippen LogP contribution < -0.4 is 11.1 Å². The van der Waals surface area contributed by atoms with Gasteiger partial charge < -0.3 is 15.1 Å². The predicted octanol–water partition coefficient (Wildman–Crippen LogP) is 2.23. The number of aromatic amines is 2. The van der Waals surface area contributed by atoms with Gasteiger partial charge in [0.2, 0.25) is 0 Å². The van der Waals surface area contributed by atoms with Gasteiger partial charge >= 0.3 is 17.1 Å². The number of hydrogen-bond donors (Lipinski definition) is 3. The van der Waals surface area contributed by atoms with Crippen molar-refractivity contribution in [3.05, 3.63) is 67.7 Å². The van der Waals surface area contributed by atoms with Crippen LogP contribution in [-0.2, 0) is 0 Å². The van der Waals surface area contributed by atoms with Gasteiger partial charge in [0.05, 0.1) is 21.6 Å². The molecule has 0 unspecified atom stereocenters. The summed E-state index contributed by atoms with van der Waals surface area (Å²) in [5, 5.41) is 9.25. The molecule has 0 saturated carbocycles. The molecule has 0 bridgehead atoms. The van der Waals surface area contributed by atoms with E-state index < -0.39 is 17.1 Å². The number of carboxylic acid groups (broad SMARTS) is 1. The van der Waals surface area contributed by atoms with Gasteiger partial charge in [0.1, 0.15) is 0 Å². The summed E-state index contributed by atoms with van der Waals surface area (Å²) in [6.07, 6.45) is 0. The molecule has 7 heteroatoms. The van der Waals surface area contributed by atoms with Gasteiger partial charge in [0, 0.05) is 0 Å². The highest BCUT2D eigenvalue weighted by Crippen LogP contribution is 2.26. The molecule has 6 nitrogen and oxygen atoms in total. The van der Waals surface area contributed by atoms with Crippen molar-refractivity contribution in [2.75, 3.05) is 0 Å². The van der Waals surface area contributed by atoms with Gasteiger partial charge in [-0.25, -0.2) is 4.79 Å². The number of benzene rings is 2. The number of H-pyrrole nitrogens is 2. The summed E-state index contributed by atoms with van der Waals surface area (Å²) in [7, 11) is 0. The topological polar surface area (TPSA) is 103 Å². The predicted molar refractivity (Wildman–Crippen MR) is 82.6 cm³/mol. The molecule has 3 N–H and O–H groups in total. The normalized spacial score (nSPS) is 10.8. The first-order chi connectivity index (χ1) is 10.5. The maximum absolute atomic E-state index is 11.4. The second-order valence-electron chi connectivity index (χ2n) is 4.67. The summed E-state index contributed by atoms with van der Waals surface area (Å²) in [5.41, 5.74) is 0.793. The fourth-order valence-corrected chi connectivity index (χ4v) is 2.36.